The summed E-state index contributed by atoms with van der Waals surface area (Å²) < 4.78 is 36.1. The Morgan fingerprint density at radius 1 is 0.544 bits per heavy atom. The van der Waals surface area contributed by atoms with Gasteiger partial charge in [0, 0.05) is 16.7 Å². The van der Waals surface area contributed by atoms with E-state index in [9.17, 15) is 0 Å². The number of aromatic amines is 1. The Balaban J connectivity index is 1.65. The number of hydrogen-bond acceptors (Lipinski definition) is 7. The predicted octanol–water partition coefficient (Wildman–Crippen LogP) is 12.1. The van der Waals surface area contributed by atoms with Gasteiger partial charge in [-0.25, -0.2) is 9.98 Å². The molecule has 0 saturated heterocycles. The second-order valence-corrected chi connectivity index (χ2v) is 17.2. The highest BCUT2D eigenvalue weighted by Gasteiger charge is 2.30. The lowest BCUT2D eigenvalue weighted by Crippen LogP contribution is -2.11. The van der Waals surface area contributed by atoms with E-state index in [0.29, 0.717) is 46.2 Å². The Morgan fingerprint density at radius 2 is 0.965 bits per heavy atom. The third-order valence-corrected chi connectivity index (χ3v) is 11.5. The first-order valence-corrected chi connectivity index (χ1v) is 20.0. The Bertz CT molecular complexity index is 2350. The number of benzene rings is 4. The molecule has 2 heterocycles. The maximum absolute atomic E-state index is 5.80. The van der Waals surface area contributed by atoms with E-state index in [1.54, 1.807) is 42.7 Å². The fourth-order valence-corrected chi connectivity index (χ4v) is 8.26. The molecule has 0 bridgehead atoms. The smallest absolute Gasteiger partial charge is 0.203 e. The number of ether oxygens (including phenoxy) is 6. The Morgan fingerprint density at radius 3 is 1.37 bits per heavy atom. The molecular formula is C46H49Br2N3O6. The minimum absolute atomic E-state index is 0.00180. The van der Waals surface area contributed by atoms with Gasteiger partial charge in [0.15, 0.2) is 28.8 Å². The number of aliphatic imine (C=N–C) groups is 2. The Hall–Kier alpha value is -5.00. The molecule has 298 valence electrons. The van der Waals surface area contributed by atoms with E-state index in [0.717, 1.165) is 53.8 Å². The number of rotatable bonds is 11. The lowest BCUT2D eigenvalue weighted by atomic mass is 9.86. The van der Waals surface area contributed by atoms with Crippen molar-refractivity contribution in [3.05, 3.63) is 104 Å². The third kappa shape index (κ3) is 8.09. The maximum atomic E-state index is 5.80. The molecule has 57 heavy (non-hydrogen) atoms. The van der Waals surface area contributed by atoms with Crippen molar-refractivity contribution >= 4 is 54.8 Å². The van der Waals surface area contributed by atoms with Crippen molar-refractivity contribution in [1.29, 1.82) is 0 Å². The summed E-state index contributed by atoms with van der Waals surface area (Å²) in [7, 11) is 9.58. The van der Waals surface area contributed by atoms with Crippen LogP contribution in [0.15, 0.2) is 91.7 Å². The van der Waals surface area contributed by atoms with Crippen molar-refractivity contribution in [1.82, 2.24) is 4.98 Å². The predicted molar refractivity (Wildman–Crippen MR) is 238 cm³/mol. The fraction of sp³-hybridized carbons (Fsp3) is 0.304. The quantitative estimate of drug-likeness (QED) is 0.142. The van der Waals surface area contributed by atoms with E-state index in [1.165, 1.54) is 11.1 Å². The van der Waals surface area contributed by atoms with E-state index in [4.69, 9.17) is 38.4 Å². The Labute approximate surface area is 352 Å². The number of hydrogen-bond donors (Lipinski definition) is 1. The molecule has 0 spiro atoms. The molecule has 1 N–H and O–H groups in total. The van der Waals surface area contributed by atoms with Gasteiger partial charge >= 0.3 is 0 Å². The summed E-state index contributed by atoms with van der Waals surface area (Å²) in [6.45, 7) is 13.2. The summed E-state index contributed by atoms with van der Waals surface area (Å²) in [6.07, 6.45) is 0. The van der Waals surface area contributed by atoms with Crippen LogP contribution in [0.4, 0.5) is 5.82 Å². The molecule has 0 amide bonds. The van der Waals surface area contributed by atoms with E-state index in [-0.39, 0.29) is 10.8 Å². The van der Waals surface area contributed by atoms with E-state index < -0.39 is 0 Å². The molecule has 1 aliphatic rings. The van der Waals surface area contributed by atoms with Crippen molar-refractivity contribution in [2.75, 3.05) is 42.7 Å². The van der Waals surface area contributed by atoms with Gasteiger partial charge in [-0.3, -0.25) is 0 Å². The number of nitrogens with zero attached hydrogens (tertiary/aromatic N) is 2. The highest BCUT2D eigenvalue weighted by Crippen LogP contribution is 2.50. The van der Waals surface area contributed by atoms with E-state index >= 15 is 0 Å². The zero-order valence-corrected chi connectivity index (χ0v) is 37.7. The van der Waals surface area contributed by atoms with Crippen molar-refractivity contribution in [2.45, 2.75) is 52.4 Å². The van der Waals surface area contributed by atoms with Gasteiger partial charge in [0.1, 0.15) is 5.82 Å². The average Bonchev–Trinajstić information content (AvgIpc) is 3.70. The number of amidine groups is 1. The number of H-pyrrole nitrogens is 1. The first-order chi connectivity index (χ1) is 27.1. The molecule has 0 radical (unpaired) electrons. The topological polar surface area (TPSA) is 95.9 Å². The minimum atomic E-state index is -0.00787. The first-order valence-electron chi connectivity index (χ1n) is 18.4. The second kappa shape index (κ2) is 16.5. The molecule has 11 heteroatoms. The summed E-state index contributed by atoms with van der Waals surface area (Å²) in [4.78, 5) is 14.3. The number of allylic oxidation sites excluding steroid dienone is 1. The van der Waals surface area contributed by atoms with Crippen LogP contribution in [-0.2, 0) is 10.8 Å². The van der Waals surface area contributed by atoms with Crippen molar-refractivity contribution in [2.24, 2.45) is 9.98 Å². The highest BCUT2D eigenvalue weighted by molar-refractivity contribution is 9.12. The molecule has 0 atom stereocenters. The van der Waals surface area contributed by atoms with Gasteiger partial charge in [0.25, 0.3) is 0 Å². The van der Waals surface area contributed by atoms with E-state index in [1.807, 2.05) is 24.3 Å². The molecule has 9 nitrogen and oxygen atoms in total. The lowest BCUT2D eigenvalue weighted by molar-refractivity contribution is 0.324. The van der Waals surface area contributed by atoms with Crippen LogP contribution < -0.4 is 28.4 Å². The van der Waals surface area contributed by atoms with Gasteiger partial charge in [-0.05, 0) is 94.8 Å². The zero-order chi connectivity index (χ0) is 41.4. The van der Waals surface area contributed by atoms with Gasteiger partial charge in [-0.2, -0.15) is 0 Å². The lowest BCUT2D eigenvalue weighted by Gasteiger charge is -2.19. The molecule has 0 fully saturated rings. The van der Waals surface area contributed by atoms with Crippen LogP contribution in [0.1, 0.15) is 63.8 Å². The van der Waals surface area contributed by atoms with Crippen LogP contribution >= 0.6 is 31.9 Å². The van der Waals surface area contributed by atoms with E-state index in [2.05, 4.69) is 127 Å². The van der Waals surface area contributed by atoms with Gasteiger partial charge < -0.3 is 33.4 Å². The van der Waals surface area contributed by atoms with Gasteiger partial charge in [-0.1, -0.05) is 90.1 Å². The minimum Gasteiger partial charge on any atom is -0.493 e. The van der Waals surface area contributed by atoms with Crippen LogP contribution in [0.25, 0.3) is 28.0 Å². The summed E-state index contributed by atoms with van der Waals surface area (Å²) in [5.41, 5.74) is 8.98. The van der Waals surface area contributed by atoms with Crippen molar-refractivity contribution < 1.29 is 28.4 Å². The van der Waals surface area contributed by atoms with Crippen LogP contribution in [-0.4, -0.2) is 59.2 Å². The molecule has 5 aromatic rings. The fourth-order valence-electron chi connectivity index (χ4n) is 6.79. The van der Waals surface area contributed by atoms with Crippen molar-refractivity contribution in [3.63, 3.8) is 0 Å². The maximum Gasteiger partial charge on any atom is 0.203 e. The number of nitrogens with one attached hydrogen (secondary N) is 1. The Kier molecular flexibility index (Phi) is 12.0. The molecular weight excluding hydrogens is 850 g/mol. The number of methoxy groups -OCH3 is 6. The van der Waals surface area contributed by atoms with Gasteiger partial charge in [-0.15, -0.1) is 0 Å². The largest absolute Gasteiger partial charge is 0.493 e. The monoisotopic (exact) mass is 897 g/mol. The number of aromatic nitrogens is 1. The highest BCUT2D eigenvalue weighted by atomic mass is 79.9. The molecule has 4 aromatic carbocycles. The number of halogens is 2. The second-order valence-electron chi connectivity index (χ2n) is 15.6. The molecule has 0 saturated carbocycles. The summed E-state index contributed by atoms with van der Waals surface area (Å²) in [6, 6.07) is 24.7. The molecule has 0 aliphatic carbocycles. The third-order valence-electron chi connectivity index (χ3n) is 9.98. The summed E-state index contributed by atoms with van der Waals surface area (Å²) >= 11 is 7.96. The molecule has 0 unspecified atom stereocenters. The van der Waals surface area contributed by atoms with Crippen LogP contribution in [0.3, 0.4) is 0 Å². The normalized spacial score (nSPS) is 13.9. The molecule has 1 aliphatic heterocycles. The summed E-state index contributed by atoms with van der Waals surface area (Å²) in [5, 5.41) is 0. The summed E-state index contributed by atoms with van der Waals surface area (Å²) in [5.74, 6) is 4.01. The van der Waals surface area contributed by atoms with Crippen LogP contribution in [0, 0.1) is 0 Å². The SMILES string of the molecule is COc1cc(C2=C(Br)C(c3ccc(C(C)(C)C)cc3)=N/C2=N\c2[nH]c(-c3ccc(C(C)(C)C)cc3)c(Br)c2-c2cc(OC)c(OC)c(OC)c2)cc(OC)c1OC. The van der Waals surface area contributed by atoms with Gasteiger partial charge in [0.2, 0.25) is 11.5 Å². The standard InChI is InChI=1S/C46H49Br2N3O6/c1-45(2,3)29-17-13-25(14-18-29)39-37(47)35(27-21-31(52-7)41(56-11)32(22-27)53-8)43(49-39)51-44-36(28-23-33(54-9)42(57-12)34(24-28)55-10)38(48)40(50-44)26-15-19-30(20-16-26)46(4,5)6/h13-24,49H,1-12H3/b51-44-. The van der Waals surface area contributed by atoms with Gasteiger partial charge in [0.05, 0.1) is 63.0 Å². The van der Waals surface area contributed by atoms with Crippen LogP contribution in [0.5, 0.6) is 34.5 Å². The molecule has 6 rings (SSSR count). The first kappa shape index (κ1) is 41.6. The van der Waals surface area contributed by atoms with Crippen molar-refractivity contribution in [3.8, 4) is 56.9 Å². The molecule has 1 aromatic heterocycles. The zero-order valence-electron chi connectivity index (χ0n) is 34.5. The van der Waals surface area contributed by atoms with Crippen LogP contribution in [0.2, 0.25) is 0 Å². The average molecular weight is 900 g/mol.